The summed E-state index contributed by atoms with van der Waals surface area (Å²) in [4.78, 5) is 25.9. The summed E-state index contributed by atoms with van der Waals surface area (Å²) in [6, 6.07) is 0. The summed E-state index contributed by atoms with van der Waals surface area (Å²) in [6.45, 7) is 8.12. The molecular formula is C16H27NO3. The average molecular weight is 281 g/mol. The maximum atomic E-state index is 12.6. The Bertz CT molecular complexity index is 385. The highest BCUT2D eigenvalue weighted by atomic mass is 16.4. The van der Waals surface area contributed by atoms with Crippen LogP contribution in [0.3, 0.4) is 0 Å². The Morgan fingerprint density at radius 3 is 2.25 bits per heavy atom. The first kappa shape index (κ1) is 15.3. The molecule has 1 aliphatic heterocycles. The van der Waals surface area contributed by atoms with E-state index >= 15 is 0 Å². The van der Waals surface area contributed by atoms with E-state index < -0.39 is 11.9 Å². The molecule has 1 aliphatic carbocycles. The summed E-state index contributed by atoms with van der Waals surface area (Å²) in [5.41, 5.74) is 0.353. The van der Waals surface area contributed by atoms with E-state index in [-0.39, 0.29) is 11.8 Å². The molecule has 1 N–H and O–H groups in total. The molecule has 1 heterocycles. The highest BCUT2D eigenvalue weighted by Crippen LogP contribution is 2.39. The van der Waals surface area contributed by atoms with Crippen molar-refractivity contribution in [3.05, 3.63) is 0 Å². The van der Waals surface area contributed by atoms with Gasteiger partial charge in [-0.25, -0.2) is 0 Å². The summed E-state index contributed by atoms with van der Waals surface area (Å²) in [7, 11) is 0. The fourth-order valence-corrected chi connectivity index (χ4v) is 3.69. The maximum absolute atomic E-state index is 12.6. The molecule has 4 nitrogen and oxygen atoms in total. The number of amides is 1. The number of carboxylic acid groups (broad SMARTS) is 1. The molecule has 0 spiro atoms. The maximum Gasteiger partial charge on any atom is 0.307 e. The van der Waals surface area contributed by atoms with Gasteiger partial charge in [-0.2, -0.15) is 0 Å². The summed E-state index contributed by atoms with van der Waals surface area (Å²) in [6.07, 6.45) is 4.60. The molecule has 2 aliphatic rings. The zero-order valence-electron chi connectivity index (χ0n) is 12.9. The molecule has 114 valence electrons. The standard InChI is InChI=1S/C16H27NO3/c1-4-16(3)5-7-17(8-6-16)14(18)12-9-11(2)10-13(12)15(19)20/h11-13H,4-10H2,1-3H3,(H,19,20)/t11?,12-,13+/m0/s1. The summed E-state index contributed by atoms with van der Waals surface area (Å²) < 4.78 is 0. The Balaban J connectivity index is 2.00. The number of carboxylic acids is 1. The third kappa shape index (κ3) is 2.99. The average Bonchev–Trinajstić information content (AvgIpc) is 2.81. The topological polar surface area (TPSA) is 57.6 Å². The number of carbonyl (C=O) groups excluding carboxylic acids is 1. The third-order valence-electron chi connectivity index (χ3n) is 5.57. The fourth-order valence-electron chi connectivity index (χ4n) is 3.69. The highest BCUT2D eigenvalue weighted by molar-refractivity contribution is 5.85. The van der Waals surface area contributed by atoms with Crippen LogP contribution in [-0.2, 0) is 9.59 Å². The van der Waals surface area contributed by atoms with Gasteiger partial charge in [0.1, 0.15) is 0 Å². The van der Waals surface area contributed by atoms with Crippen LogP contribution in [0.4, 0.5) is 0 Å². The minimum Gasteiger partial charge on any atom is -0.481 e. The smallest absolute Gasteiger partial charge is 0.307 e. The van der Waals surface area contributed by atoms with Crippen LogP contribution in [-0.4, -0.2) is 35.0 Å². The van der Waals surface area contributed by atoms with E-state index in [0.29, 0.717) is 17.8 Å². The Labute approximate surface area is 121 Å². The van der Waals surface area contributed by atoms with Crippen molar-refractivity contribution in [2.75, 3.05) is 13.1 Å². The highest BCUT2D eigenvalue weighted by Gasteiger charge is 2.43. The Morgan fingerprint density at radius 2 is 1.75 bits per heavy atom. The second kappa shape index (κ2) is 5.74. The molecule has 1 amide bonds. The third-order valence-corrected chi connectivity index (χ3v) is 5.57. The first-order chi connectivity index (χ1) is 9.36. The van der Waals surface area contributed by atoms with Crippen molar-refractivity contribution in [1.29, 1.82) is 0 Å². The first-order valence-electron chi connectivity index (χ1n) is 7.88. The monoisotopic (exact) mass is 281 g/mol. The minimum atomic E-state index is -0.803. The van der Waals surface area contributed by atoms with Crippen LogP contribution in [0, 0.1) is 23.2 Å². The quantitative estimate of drug-likeness (QED) is 0.865. The van der Waals surface area contributed by atoms with Gasteiger partial charge in [0.05, 0.1) is 11.8 Å². The number of hydrogen-bond donors (Lipinski definition) is 1. The zero-order valence-corrected chi connectivity index (χ0v) is 12.9. The van der Waals surface area contributed by atoms with Gasteiger partial charge in [-0.1, -0.05) is 27.2 Å². The van der Waals surface area contributed by atoms with Crippen molar-refractivity contribution in [3.63, 3.8) is 0 Å². The fraction of sp³-hybridized carbons (Fsp3) is 0.875. The van der Waals surface area contributed by atoms with E-state index in [0.717, 1.165) is 38.8 Å². The van der Waals surface area contributed by atoms with Gasteiger partial charge in [0.2, 0.25) is 5.91 Å². The van der Waals surface area contributed by atoms with Crippen LogP contribution in [0.15, 0.2) is 0 Å². The molecule has 0 radical (unpaired) electrons. The molecule has 1 saturated carbocycles. The number of likely N-dealkylation sites (tertiary alicyclic amines) is 1. The van der Waals surface area contributed by atoms with Gasteiger partial charge >= 0.3 is 5.97 Å². The Kier molecular flexibility index (Phi) is 4.40. The SMILES string of the molecule is CCC1(C)CCN(C(=O)[C@H]2CC(C)C[C@H]2C(=O)O)CC1. The van der Waals surface area contributed by atoms with Crippen LogP contribution in [0.1, 0.15) is 52.9 Å². The number of piperidine rings is 1. The Hall–Kier alpha value is -1.06. The number of hydrogen-bond acceptors (Lipinski definition) is 2. The van der Waals surface area contributed by atoms with E-state index in [9.17, 15) is 14.7 Å². The summed E-state index contributed by atoms with van der Waals surface area (Å²) in [5.74, 6) is -1.15. The van der Waals surface area contributed by atoms with Gasteiger partial charge in [0, 0.05) is 13.1 Å². The minimum absolute atomic E-state index is 0.0832. The van der Waals surface area contributed by atoms with Crippen molar-refractivity contribution in [3.8, 4) is 0 Å². The van der Waals surface area contributed by atoms with E-state index in [1.165, 1.54) is 0 Å². The molecule has 0 bridgehead atoms. The lowest BCUT2D eigenvalue weighted by Crippen LogP contribution is -2.45. The number of rotatable bonds is 3. The largest absolute Gasteiger partial charge is 0.481 e. The predicted molar refractivity (Wildman–Crippen MR) is 77.2 cm³/mol. The molecule has 2 rings (SSSR count). The molecular weight excluding hydrogens is 254 g/mol. The Morgan fingerprint density at radius 1 is 1.20 bits per heavy atom. The molecule has 1 unspecified atom stereocenters. The van der Waals surface area contributed by atoms with Gasteiger partial charge in [0.15, 0.2) is 0 Å². The van der Waals surface area contributed by atoms with Crippen molar-refractivity contribution in [2.24, 2.45) is 23.2 Å². The number of carbonyl (C=O) groups is 2. The molecule has 20 heavy (non-hydrogen) atoms. The lowest BCUT2D eigenvalue weighted by Gasteiger charge is -2.40. The zero-order chi connectivity index (χ0) is 14.9. The molecule has 0 aromatic carbocycles. The van der Waals surface area contributed by atoms with Crippen molar-refractivity contribution in [2.45, 2.75) is 52.9 Å². The molecule has 0 aromatic rings. The van der Waals surface area contributed by atoms with Gasteiger partial charge < -0.3 is 10.0 Å². The second-order valence-corrected chi connectivity index (χ2v) is 7.12. The number of nitrogens with zero attached hydrogens (tertiary/aromatic N) is 1. The lowest BCUT2D eigenvalue weighted by molar-refractivity contribution is -0.150. The van der Waals surface area contributed by atoms with Crippen LogP contribution in [0.2, 0.25) is 0 Å². The molecule has 0 aromatic heterocycles. The van der Waals surface area contributed by atoms with E-state index in [1.54, 1.807) is 0 Å². The van der Waals surface area contributed by atoms with Gasteiger partial charge in [-0.05, 0) is 37.0 Å². The second-order valence-electron chi connectivity index (χ2n) is 7.12. The molecule has 1 saturated heterocycles. The summed E-state index contributed by atoms with van der Waals surface area (Å²) in [5, 5.41) is 9.30. The molecule has 3 atom stereocenters. The van der Waals surface area contributed by atoms with E-state index in [2.05, 4.69) is 13.8 Å². The van der Waals surface area contributed by atoms with Crippen LogP contribution >= 0.6 is 0 Å². The van der Waals surface area contributed by atoms with Gasteiger partial charge in [-0.15, -0.1) is 0 Å². The van der Waals surface area contributed by atoms with E-state index in [1.807, 2.05) is 11.8 Å². The molecule has 4 heteroatoms. The predicted octanol–water partition coefficient (Wildman–Crippen LogP) is 2.77. The van der Waals surface area contributed by atoms with E-state index in [4.69, 9.17) is 0 Å². The first-order valence-corrected chi connectivity index (χ1v) is 7.88. The van der Waals surface area contributed by atoms with Crippen molar-refractivity contribution < 1.29 is 14.7 Å². The summed E-state index contributed by atoms with van der Waals surface area (Å²) >= 11 is 0. The van der Waals surface area contributed by atoms with Gasteiger partial charge in [0.25, 0.3) is 0 Å². The normalized spacial score (nSPS) is 33.1. The van der Waals surface area contributed by atoms with Crippen molar-refractivity contribution >= 4 is 11.9 Å². The molecule has 2 fully saturated rings. The van der Waals surface area contributed by atoms with Crippen LogP contribution in [0.5, 0.6) is 0 Å². The van der Waals surface area contributed by atoms with Gasteiger partial charge in [-0.3, -0.25) is 9.59 Å². The van der Waals surface area contributed by atoms with Crippen molar-refractivity contribution in [1.82, 2.24) is 4.90 Å². The number of aliphatic carboxylic acids is 1. The lowest BCUT2D eigenvalue weighted by atomic mass is 9.78. The van der Waals surface area contributed by atoms with Crippen LogP contribution < -0.4 is 0 Å². The van der Waals surface area contributed by atoms with Crippen LogP contribution in [0.25, 0.3) is 0 Å².